The summed E-state index contributed by atoms with van der Waals surface area (Å²) in [6, 6.07) is 0. The van der Waals surface area contributed by atoms with Crippen molar-refractivity contribution in [2.24, 2.45) is 0 Å². The van der Waals surface area contributed by atoms with Crippen LogP contribution in [0.1, 0.15) is 0 Å². The molecule has 0 saturated carbocycles. The van der Waals surface area contributed by atoms with Gasteiger partial charge in [0.1, 0.15) is 6.42 Å². The van der Waals surface area contributed by atoms with Gasteiger partial charge in [0.15, 0.2) is 0 Å². The molecule has 1 radical (unpaired) electrons. The van der Waals surface area contributed by atoms with Gasteiger partial charge < -0.3 is 4.18 Å². The molecule has 0 unspecified atom stereocenters. The second-order valence-corrected chi connectivity index (χ2v) is 1.56. The van der Waals surface area contributed by atoms with Crippen molar-refractivity contribution >= 4 is 12.9 Å². The Morgan fingerprint density at radius 2 is 2.38 bits per heavy atom. The molecular formula is C6H6OS+. The number of aliphatic hydroxyl groups is 1. The van der Waals surface area contributed by atoms with Crippen LogP contribution in [0.5, 0.6) is 0 Å². The maximum Gasteiger partial charge on any atom is 0.253 e. The molecule has 1 N–H and O–H groups in total. The first kappa shape index (κ1) is 5.54. The molecule has 1 aliphatic carbocycles. The smallest absolute Gasteiger partial charge is 0.253 e. The zero-order valence-corrected chi connectivity index (χ0v) is 5.10. The topological polar surface area (TPSA) is 12.8 Å². The van der Waals surface area contributed by atoms with Gasteiger partial charge in [0.2, 0.25) is 12.9 Å². The van der Waals surface area contributed by atoms with Gasteiger partial charge in [-0.15, -0.1) is 5.73 Å². The fourth-order valence-corrected chi connectivity index (χ4v) is 0.578. The second kappa shape index (κ2) is 2.65. The summed E-state index contributed by atoms with van der Waals surface area (Å²) in [7, 11) is 0. The van der Waals surface area contributed by atoms with Crippen LogP contribution in [-0.4, -0.2) is 4.18 Å². The van der Waals surface area contributed by atoms with Crippen LogP contribution in [-0.2, 0) is 0 Å². The molecule has 0 saturated heterocycles. The summed E-state index contributed by atoms with van der Waals surface area (Å²) in [5, 5.41) is 0. The molecule has 0 heterocycles. The van der Waals surface area contributed by atoms with E-state index >= 15 is 0 Å². The summed E-state index contributed by atoms with van der Waals surface area (Å²) < 4.78 is 3.64. The van der Waals surface area contributed by atoms with E-state index in [1.54, 1.807) is 12.2 Å². The molecular weight excluding hydrogens is 120 g/mol. The molecule has 1 rings (SSSR count). The first-order chi connectivity index (χ1) is 3.93. The molecule has 0 aromatic rings. The van der Waals surface area contributed by atoms with Gasteiger partial charge in [0, 0.05) is 6.08 Å². The van der Waals surface area contributed by atoms with Crippen molar-refractivity contribution in [3.8, 4) is 0 Å². The maximum atomic E-state index is 3.72. The lowest BCUT2D eigenvalue weighted by Gasteiger charge is -1.94. The minimum atomic E-state index is 0.868. The molecule has 8 heavy (non-hydrogen) atoms. The van der Waals surface area contributed by atoms with Crippen LogP contribution in [0.25, 0.3) is 0 Å². The molecule has 0 bridgehead atoms. The summed E-state index contributed by atoms with van der Waals surface area (Å²) >= 11 is 3.72. The van der Waals surface area contributed by atoms with E-state index in [0.717, 1.165) is 5.76 Å². The number of allylic oxidation sites excluding steroid dienone is 2. The fourth-order valence-electron chi connectivity index (χ4n) is 0.445. The molecule has 0 amide bonds. The van der Waals surface area contributed by atoms with Crippen LogP contribution in [0, 0.1) is 6.42 Å². The quantitative estimate of drug-likeness (QED) is 0.238. The van der Waals surface area contributed by atoms with Gasteiger partial charge in [-0.1, -0.05) is 0 Å². The van der Waals surface area contributed by atoms with Crippen molar-refractivity contribution in [3.63, 3.8) is 0 Å². The highest BCUT2D eigenvalue weighted by molar-refractivity contribution is 7.74. The summed E-state index contributed by atoms with van der Waals surface area (Å²) in [6.45, 7) is 0. The zero-order valence-electron chi connectivity index (χ0n) is 4.20. The van der Waals surface area contributed by atoms with Crippen LogP contribution >= 0.6 is 12.9 Å². The molecule has 0 fully saturated rings. The van der Waals surface area contributed by atoms with Crippen molar-refractivity contribution in [2.75, 3.05) is 0 Å². The van der Waals surface area contributed by atoms with Gasteiger partial charge in [0.25, 0.3) is 5.76 Å². The first-order valence-electron chi connectivity index (χ1n) is 2.24. The van der Waals surface area contributed by atoms with Crippen molar-refractivity contribution < 1.29 is 4.18 Å². The van der Waals surface area contributed by atoms with Crippen molar-refractivity contribution in [2.45, 2.75) is 0 Å². The molecule has 0 atom stereocenters. The summed E-state index contributed by atoms with van der Waals surface area (Å²) in [5.74, 6) is 0.868. The maximum absolute atomic E-state index is 3.72. The second-order valence-electron chi connectivity index (χ2n) is 1.36. The van der Waals surface area contributed by atoms with Gasteiger partial charge in [-0.25, -0.2) is 0 Å². The van der Waals surface area contributed by atoms with Crippen molar-refractivity contribution in [1.29, 1.82) is 0 Å². The summed E-state index contributed by atoms with van der Waals surface area (Å²) in [6.07, 6.45) is 7.28. The van der Waals surface area contributed by atoms with Crippen molar-refractivity contribution in [1.82, 2.24) is 0 Å². The van der Waals surface area contributed by atoms with Gasteiger partial charge in [-0.3, -0.25) is 0 Å². The van der Waals surface area contributed by atoms with Gasteiger partial charge in [0.05, 0.1) is 0 Å². The average Bonchev–Trinajstić information content (AvgIpc) is 1.90. The number of hydrogen-bond donors (Lipinski definition) is 1. The van der Waals surface area contributed by atoms with E-state index in [0.29, 0.717) is 0 Å². The highest BCUT2D eigenvalue weighted by atomic mass is 32.1. The van der Waals surface area contributed by atoms with E-state index in [1.807, 2.05) is 12.5 Å². The Morgan fingerprint density at radius 1 is 1.50 bits per heavy atom. The third-order valence-corrected chi connectivity index (χ3v) is 1.05. The van der Waals surface area contributed by atoms with Crippen LogP contribution in [0.3, 0.4) is 0 Å². The largest absolute Gasteiger partial charge is 0.513 e. The monoisotopic (exact) mass is 126 g/mol. The minimum absolute atomic E-state index is 0.868. The number of rotatable bonds is 1. The standard InChI is InChI=1S/C6H5OS/c8-7-6-4-2-1-3-5-6/h2-5,8H/p+1. The SMILES string of the molecule is S[OH+]C1=CC=C=C[CH]1. The van der Waals surface area contributed by atoms with Gasteiger partial charge >= 0.3 is 0 Å². The highest BCUT2D eigenvalue weighted by Gasteiger charge is 1.98. The molecule has 1 nitrogen and oxygen atoms in total. The molecule has 1 aliphatic rings. The first-order valence-corrected chi connectivity index (χ1v) is 2.64. The normalized spacial score (nSPS) is 15.9. The molecule has 0 aromatic carbocycles. The van der Waals surface area contributed by atoms with E-state index in [4.69, 9.17) is 0 Å². The Kier molecular flexibility index (Phi) is 1.84. The fraction of sp³-hybridized carbons (Fsp3) is 0. The minimum Gasteiger partial charge on any atom is -0.513 e. The zero-order chi connectivity index (χ0) is 5.82. The van der Waals surface area contributed by atoms with E-state index in [9.17, 15) is 0 Å². The number of hydrogen-bond acceptors (Lipinski definition) is 1. The third kappa shape index (κ3) is 1.19. The average molecular weight is 126 g/mol. The van der Waals surface area contributed by atoms with Gasteiger partial charge in [-0.05, 0) is 12.2 Å². The Labute approximate surface area is 54.0 Å². The Morgan fingerprint density at radius 3 is 2.75 bits per heavy atom. The molecule has 0 spiro atoms. The van der Waals surface area contributed by atoms with E-state index in [2.05, 4.69) is 22.8 Å². The Balaban J connectivity index is 2.63. The lowest BCUT2D eigenvalue weighted by Crippen LogP contribution is -1.85. The third-order valence-electron chi connectivity index (χ3n) is 0.816. The van der Waals surface area contributed by atoms with Crippen LogP contribution < -0.4 is 0 Å². The molecule has 2 heteroatoms. The Hall–Kier alpha value is -0.590. The molecule has 0 aliphatic heterocycles. The van der Waals surface area contributed by atoms with Crippen molar-refractivity contribution in [3.05, 3.63) is 36.1 Å². The van der Waals surface area contributed by atoms with Crippen LogP contribution in [0.15, 0.2) is 29.7 Å². The van der Waals surface area contributed by atoms with E-state index in [-0.39, 0.29) is 0 Å². The van der Waals surface area contributed by atoms with E-state index in [1.165, 1.54) is 0 Å². The molecule has 0 aromatic heterocycles. The van der Waals surface area contributed by atoms with Crippen LogP contribution in [0.2, 0.25) is 0 Å². The summed E-state index contributed by atoms with van der Waals surface area (Å²) in [5.41, 5.74) is 2.87. The predicted octanol–water partition coefficient (Wildman–Crippen LogP) is 1.74. The highest BCUT2D eigenvalue weighted by Crippen LogP contribution is 2.04. The lowest BCUT2D eigenvalue weighted by molar-refractivity contribution is 0.309. The van der Waals surface area contributed by atoms with E-state index < -0.39 is 0 Å². The van der Waals surface area contributed by atoms with Crippen LogP contribution in [0.4, 0.5) is 0 Å². The number of thiol groups is 1. The Bertz CT molecular complexity index is 163. The van der Waals surface area contributed by atoms with Gasteiger partial charge in [-0.2, -0.15) is 0 Å². The summed E-state index contributed by atoms with van der Waals surface area (Å²) in [4.78, 5) is 0. The predicted molar refractivity (Wildman–Crippen MR) is 36.7 cm³/mol. The molecule has 41 valence electrons. The lowest BCUT2D eigenvalue weighted by atomic mass is 10.2.